The summed E-state index contributed by atoms with van der Waals surface area (Å²) >= 11 is 0. The van der Waals surface area contributed by atoms with Gasteiger partial charge in [-0.1, -0.05) is 25.1 Å². The maximum Gasteiger partial charge on any atom is 0.325 e. The van der Waals surface area contributed by atoms with E-state index in [4.69, 9.17) is 23.7 Å². The Morgan fingerprint density at radius 2 is 1.51 bits per heavy atom. The fourth-order valence-electron chi connectivity index (χ4n) is 4.37. The van der Waals surface area contributed by atoms with E-state index in [-0.39, 0.29) is 0 Å². The lowest BCUT2D eigenvalue weighted by Gasteiger charge is -2.36. The monoisotopic (exact) mass is 550 g/mol. The number of anilines is 1. The first-order valence-electron chi connectivity index (χ1n) is 12.3. The van der Waals surface area contributed by atoms with Crippen molar-refractivity contribution < 1.29 is 52.5 Å². The standard InChI is InChI=1S/C26H34N2O11/c1-8-19-11-9-10-13(2)22(19)28-25(39-18(7)33)21(27-26(28)34)24(38-17(6)32)23(37-16(5)31)20(36-15(4)30)12-35-14(3)29/h9-11,20-21,23-25H,8,12H2,1-7H3,(H,27,34)/t20-,21-,23-,24+,25-/m1/s1. The minimum atomic E-state index is -1.58. The lowest BCUT2D eigenvalue weighted by Crippen LogP contribution is -2.58. The highest BCUT2D eigenvalue weighted by Crippen LogP contribution is 2.34. The van der Waals surface area contributed by atoms with Gasteiger partial charge in [-0.3, -0.25) is 28.9 Å². The molecule has 1 aromatic rings. The number of para-hydroxylation sites is 1. The van der Waals surface area contributed by atoms with Crippen LogP contribution in [0.2, 0.25) is 0 Å². The molecule has 0 saturated carbocycles. The molecule has 1 aliphatic heterocycles. The fraction of sp³-hybridized carbons (Fsp3) is 0.538. The normalized spacial score (nSPS) is 18.7. The highest BCUT2D eigenvalue weighted by Gasteiger charge is 2.53. The molecule has 1 saturated heterocycles. The highest BCUT2D eigenvalue weighted by atomic mass is 16.6. The van der Waals surface area contributed by atoms with Crippen molar-refractivity contribution in [2.24, 2.45) is 0 Å². The summed E-state index contributed by atoms with van der Waals surface area (Å²) in [5, 5.41) is 2.66. The van der Waals surface area contributed by atoms with Crippen LogP contribution >= 0.6 is 0 Å². The SMILES string of the molecule is CCc1cccc(C)c1N1C(=O)N[C@H]([C@H](OC(C)=O)[C@H](OC(C)=O)[C@@H](COC(C)=O)OC(C)=O)[C@H]1OC(C)=O. The molecule has 2 amide bonds. The summed E-state index contributed by atoms with van der Waals surface area (Å²) in [6.07, 6.45) is -5.43. The van der Waals surface area contributed by atoms with Crippen molar-refractivity contribution in [3.05, 3.63) is 29.3 Å². The molecule has 13 heteroatoms. The first-order chi connectivity index (χ1) is 18.3. The van der Waals surface area contributed by atoms with Gasteiger partial charge >= 0.3 is 35.9 Å². The molecule has 1 heterocycles. The lowest BCUT2D eigenvalue weighted by atomic mass is 9.98. The first-order valence-corrected chi connectivity index (χ1v) is 12.3. The van der Waals surface area contributed by atoms with E-state index in [1.807, 2.05) is 19.1 Å². The molecule has 13 nitrogen and oxygen atoms in total. The molecular formula is C26H34N2O11. The van der Waals surface area contributed by atoms with Gasteiger partial charge in [-0.25, -0.2) is 4.79 Å². The molecule has 1 fully saturated rings. The summed E-state index contributed by atoms with van der Waals surface area (Å²) in [6.45, 7) is 8.60. The Kier molecular flexibility index (Phi) is 10.8. The molecule has 0 unspecified atom stereocenters. The molecule has 0 radical (unpaired) electrons. The van der Waals surface area contributed by atoms with Crippen LogP contribution in [-0.2, 0) is 54.1 Å². The van der Waals surface area contributed by atoms with Gasteiger partial charge in [0, 0.05) is 34.6 Å². The molecule has 0 bridgehead atoms. The van der Waals surface area contributed by atoms with Crippen molar-refractivity contribution in [2.75, 3.05) is 11.5 Å². The summed E-state index contributed by atoms with van der Waals surface area (Å²) in [5.74, 6) is -3.98. The van der Waals surface area contributed by atoms with Gasteiger partial charge < -0.3 is 29.0 Å². The van der Waals surface area contributed by atoms with Crippen LogP contribution in [0.1, 0.15) is 52.7 Å². The number of benzene rings is 1. The molecule has 2 rings (SSSR count). The van der Waals surface area contributed by atoms with Crippen LogP contribution in [0.25, 0.3) is 0 Å². The van der Waals surface area contributed by atoms with E-state index in [0.717, 1.165) is 40.2 Å². The zero-order valence-electron chi connectivity index (χ0n) is 23.0. The second-order valence-electron chi connectivity index (χ2n) is 8.88. The van der Waals surface area contributed by atoms with Crippen LogP contribution in [0.5, 0.6) is 0 Å². The van der Waals surface area contributed by atoms with Crippen molar-refractivity contribution in [1.82, 2.24) is 5.32 Å². The van der Waals surface area contributed by atoms with E-state index in [0.29, 0.717) is 17.7 Å². The van der Waals surface area contributed by atoms with Gasteiger partial charge in [-0.05, 0) is 24.5 Å². The van der Waals surface area contributed by atoms with Crippen LogP contribution < -0.4 is 10.2 Å². The summed E-state index contributed by atoms with van der Waals surface area (Å²) in [5.41, 5.74) is 1.96. The van der Waals surface area contributed by atoms with E-state index in [1.54, 1.807) is 13.0 Å². The lowest BCUT2D eigenvalue weighted by molar-refractivity contribution is -0.194. The number of rotatable bonds is 11. The third-order valence-electron chi connectivity index (χ3n) is 5.72. The largest absolute Gasteiger partial charge is 0.462 e. The maximum absolute atomic E-state index is 13.4. The molecule has 1 N–H and O–H groups in total. The van der Waals surface area contributed by atoms with Crippen LogP contribution in [0.4, 0.5) is 10.5 Å². The number of nitrogens with zero attached hydrogens (tertiary/aromatic N) is 1. The Morgan fingerprint density at radius 1 is 0.897 bits per heavy atom. The highest BCUT2D eigenvalue weighted by molar-refractivity contribution is 5.97. The summed E-state index contributed by atoms with van der Waals surface area (Å²) in [6, 6.07) is 3.42. The zero-order chi connectivity index (χ0) is 29.4. The molecular weight excluding hydrogens is 516 g/mol. The summed E-state index contributed by atoms with van der Waals surface area (Å²) in [4.78, 5) is 74.6. The minimum absolute atomic E-state index is 0.480. The molecule has 39 heavy (non-hydrogen) atoms. The molecule has 0 aliphatic carbocycles. The van der Waals surface area contributed by atoms with Crippen molar-refractivity contribution >= 4 is 41.6 Å². The van der Waals surface area contributed by atoms with Gasteiger partial charge in [0.2, 0.25) is 6.23 Å². The molecule has 1 aliphatic rings. The number of urea groups is 1. The van der Waals surface area contributed by atoms with Crippen LogP contribution in [0.3, 0.4) is 0 Å². The molecule has 1 aromatic carbocycles. The number of amides is 2. The molecule has 0 spiro atoms. The van der Waals surface area contributed by atoms with E-state index >= 15 is 0 Å². The second kappa shape index (κ2) is 13.6. The molecule has 214 valence electrons. The third-order valence-corrected chi connectivity index (χ3v) is 5.72. The molecule has 0 aromatic heterocycles. The Balaban J connectivity index is 2.70. The maximum atomic E-state index is 13.4. The summed E-state index contributed by atoms with van der Waals surface area (Å²) in [7, 11) is 0. The van der Waals surface area contributed by atoms with Crippen molar-refractivity contribution in [3.63, 3.8) is 0 Å². The number of nitrogens with one attached hydrogen (secondary N) is 1. The van der Waals surface area contributed by atoms with Crippen molar-refractivity contribution in [1.29, 1.82) is 0 Å². The Hall–Kier alpha value is -4.16. The fourth-order valence-corrected chi connectivity index (χ4v) is 4.37. The van der Waals surface area contributed by atoms with Gasteiger partial charge in [-0.2, -0.15) is 0 Å². The van der Waals surface area contributed by atoms with Crippen LogP contribution in [-0.4, -0.2) is 73.1 Å². The number of carbonyl (C=O) groups is 6. The summed E-state index contributed by atoms with van der Waals surface area (Å²) < 4.78 is 26.8. The van der Waals surface area contributed by atoms with Gasteiger partial charge in [-0.15, -0.1) is 0 Å². The van der Waals surface area contributed by atoms with E-state index in [1.165, 1.54) is 4.90 Å². The van der Waals surface area contributed by atoms with E-state index < -0.39 is 73.1 Å². The number of ether oxygens (including phenoxy) is 5. The Bertz CT molecular complexity index is 1120. The minimum Gasteiger partial charge on any atom is -0.462 e. The predicted octanol–water partition coefficient (Wildman–Crippen LogP) is 1.70. The van der Waals surface area contributed by atoms with Crippen LogP contribution in [0.15, 0.2) is 18.2 Å². The Labute approximate surface area is 226 Å². The quantitative estimate of drug-likeness (QED) is 0.315. The number of hydrogen-bond donors (Lipinski definition) is 1. The Morgan fingerprint density at radius 3 is 2.03 bits per heavy atom. The van der Waals surface area contributed by atoms with Crippen molar-refractivity contribution in [3.8, 4) is 0 Å². The second-order valence-corrected chi connectivity index (χ2v) is 8.88. The average molecular weight is 551 g/mol. The van der Waals surface area contributed by atoms with Gasteiger partial charge in [0.15, 0.2) is 18.3 Å². The first kappa shape index (κ1) is 31.1. The van der Waals surface area contributed by atoms with Gasteiger partial charge in [0.1, 0.15) is 12.6 Å². The van der Waals surface area contributed by atoms with Gasteiger partial charge in [0.05, 0.1) is 5.69 Å². The number of esters is 5. The van der Waals surface area contributed by atoms with E-state index in [9.17, 15) is 28.8 Å². The van der Waals surface area contributed by atoms with Crippen molar-refractivity contribution in [2.45, 2.75) is 85.5 Å². The van der Waals surface area contributed by atoms with Gasteiger partial charge in [0.25, 0.3) is 0 Å². The predicted molar refractivity (Wildman–Crippen MR) is 134 cm³/mol. The van der Waals surface area contributed by atoms with E-state index in [2.05, 4.69) is 5.32 Å². The molecule has 5 atom stereocenters. The third kappa shape index (κ3) is 8.16. The average Bonchev–Trinajstić information content (AvgIpc) is 3.12. The zero-order valence-corrected chi connectivity index (χ0v) is 23.0. The van der Waals surface area contributed by atoms with Crippen LogP contribution in [0, 0.1) is 6.92 Å². The number of carbonyl (C=O) groups excluding carboxylic acids is 6. The number of hydrogen-bond acceptors (Lipinski definition) is 11. The number of aryl methyl sites for hydroxylation is 2. The smallest absolute Gasteiger partial charge is 0.325 e. The topological polar surface area (TPSA) is 164 Å².